The Morgan fingerprint density at radius 2 is 1.95 bits per heavy atom. The summed E-state index contributed by atoms with van der Waals surface area (Å²) >= 11 is 13.3. The number of thiophene rings is 1. The molecule has 22 heavy (non-hydrogen) atoms. The highest BCUT2D eigenvalue weighted by atomic mass is 35.5. The van der Waals surface area contributed by atoms with Gasteiger partial charge in [-0.15, -0.1) is 11.3 Å². The van der Waals surface area contributed by atoms with Gasteiger partial charge in [-0.25, -0.2) is 0 Å². The minimum atomic E-state index is -0.520. The van der Waals surface area contributed by atoms with Crippen molar-refractivity contribution in [1.29, 1.82) is 0 Å². The number of benzene rings is 1. The highest BCUT2D eigenvalue weighted by Gasteiger charge is 2.36. The predicted molar refractivity (Wildman–Crippen MR) is 88.9 cm³/mol. The van der Waals surface area contributed by atoms with Crippen molar-refractivity contribution in [3.63, 3.8) is 0 Å². The summed E-state index contributed by atoms with van der Waals surface area (Å²) in [6, 6.07) is 8.72. The van der Waals surface area contributed by atoms with E-state index in [-0.39, 0.29) is 0 Å². The van der Waals surface area contributed by atoms with E-state index in [2.05, 4.69) is 0 Å². The lowest BCUT2D eigenvalue weighted by Crippen LogP contribution is -2.38. The van der Waals surface area contributed by atoms with Gasteiger partial charge in [0.25, 0.3) is 5.78 Å². The number of hydrogen-bond acceptors (Lipinski definition) is 4. The first-order chi connectivity index (χ1) is 10.5. The third-order valence-corrected chi connectivity index (χ3v) is 4.82. The molecule has 2 aromatic rings. The first kappa shape index (κ1) is 15.5. The highest BCUT2D eigenvalue weighted by Crippen LogP contribution is 2.31. The van der Waals surface area contributed by atoms with E-state index in [1.54, 1.807) is 12.1 Å². The zero-order valence-electron chi connectivity index (χ0n) is 11.7. The Labute approximate surface area is 141 Å². The Kier molecular flexibility index (Phi) is 4.23. The van der Waals surface area contributed by atoms with Crippen molar-refractivity contribution >= 4 is 51.9 Å². The average Bonchev–Trinajstić information content (AvgIpc) is 2.96. The van der Waals surface area contributed by atoms with E-state index < -0.39 is 11.7 Å². The van der Waals surface area contributed by atoms with Crippen molar-refractivity contribution in [2.75, 3.05) is 18.6 Å². The molecule has 1 amide bonds. The third kappa shape index (κ3) is 2.90. The van der Waals surface area contributed by atoms with Crippen molar-refractivity contribution < 1.29 is 9.59 Å². The van der Waals surface area contributed by atoms with Crippen LogP contribution in [0.25, 0.3) is 0 Å². The molecule has 0 radical (unpaired) electrons. The lowest BCUT2D eigenvalue weighted by molar-refractivity contribution is -0.114. The second-order valence-electron chi connectivity index (χ2n) is 5.09. The number of hydrogen-bond donors (Lipinski definition) is 0. The third-order valence-electron chi connectivity index (χ3n) is 3.37. The number of halogens is 2. The van der Waals surface area contributed by atoms with Crippen LogP contribution in [0.5, 0.6) is 0 Å². The molecule has 4 nitrogen and oxygen atoms in total. The number of nitrogens with zero attached hydrogens (tertiary/aromatic N) is 2. The molecule has 0 spiro atoms. The molecule has 0 fully saturated rings. The SMILES string of the molecule is CN(Cc1ccc(Cl)s1)CN1C(=O)C(=O)c2cc(Cl)ccc21. The fourth-order valence-corrected chi connectivity index (χ4v) is 3.75. The van der Waals surface area contributed by atoms with Crippen LogP contribution >= 0.6 is 34.5 Å². The summed E-state index contributed by atoms with van der Waals surface area (Å²) in [4.78, 5) is 28.7. The van der Waals surface area contributed by atoms with Gasteiger partial charge in [-0.2, -0.15) is 0 Å². The molecule has 0 atom stereocenters. The Morgan fingerprint density at radius 1 is 1.18 bits per heavy atom. The minimum absolute atomic E-state index is 0.328. The number of fused-ring (bicyclic) bond motifs is 1. The van der Waals surface area contributed by atoms with E-state index in [0.717, 1.165) is 9.21 Å². The molecular formula is C15H12Cl2N2O2S. The van der Waals surface area contributed by atoms with Gasteiger partial charge in [0.2, 0.25) is 0 Å². The van der Waals surface area contributed by atoms with E-state index >= 15 is 0 Å². The first-order valence-electron chi connectivity index (χ1n) is 6.54. The van der Waals surface area contributed by atoms with Gasteiger partial charge in [0.1, 0.15) is 0 Å². The number of carbonyl (C=O) groups is 2. The summed E-state index contributed by atoms with van der Waals surface area (Å²) in [7, 11) is 1.89. The highest BCUT2D eigenvalue weighted by molar-refractivity contribution is 7.16. The second-order valence-corrected chi connectivity index (χ2v) is 7.32. The molecule has 0 saturated heterocycles. The molecule has 1 aliphatic heterocycles. The number of amides is 1. The molecule has 1 aromatic heterocycles. The van der Waals surface area contributed by atoms with E-state index in [1.165, 1.54) is 22.3 Å². The lowest BCUT2D eigenvalue weighted by atomic mass is 10.1. The van der Waals surface area contributed by atoms with Crippen LogP contribution in [0.1, 0.15) is 15.2 Å². The Balaban J connectivity index is 1.78. The molecule has 0 aliphatic carbocycles. The maximum Gasteiger partial charge on any atom is 0.300 e. The summed E-state index contributed by atoms with van der Waals surface area (Å²) in [6.07, 6.45) is 0. The van der Waals surface area contributed by atoms with Gasteiger partial charge < -0.3 is 0 Å². The van der Waals surface area contributed by atoms with Crippen molar-refractivity contribution in [3.8, 4) is 0 Å². The summed E-state index contributed by atoms with van der Waals surface area (Å²) in [5.74, 6) is -1.03. The summed E-state index contributed by atoms with van der Waals surface area (Å²) in [5.41, 5.74) is 0.973. The molecule has 0 saturated carbocycles. The van der Waals surface area contributed by atoms with Crippen molar-refractivity contribution in [3.05, 3.63) is 50.1 Å². The molecule has 0 unspecified atom stereocenters. The van der Waals surface area contributed by atoms with Crippen molar-refractivity contribution in [2.45, 2.75) is 6.54 Å². The summed E-state index contributed by atoms with van der Waals surface area (Å²) < 4.78 is 0.732. The molecule has 2 heterocycles. The molecule has 1 aromatic carbocycles. The minimum Gasteiger partial charge on any atom is -0.291 e. The fraction of sp³-hybridized carbons (Fsp3) is 0.200. The summed E-state index contributed by atoms with van der Waals surface area (Å²) in [6.45, 7) is 0.979. The maximum atomic E-state index is 12.2. The molecule has 0 bridgehead atoms. The van der Waals surface area contributed by atoms with Crippen LogP contribution in [0.2, 0.25) is 9.36 Å². The molecule has 1 aliphatic rings. The van der Waals surface area contributed by atoms with Crippen LogP contribution in [0.4, 0.5) is 5.69 Å². The van der Waals surface area contributed by atoms with Crippen molar-refractivity contribution in [2.24, 2.45) is 0 Å². The van der Waals surface area contributed by atoms with Gasteiger partial charge in [-0.3, -0.25) is 19.4 Å². The monoisotopic (exact) mass is 354 g/mol. The first-order valence-corrected chi connectivity index (χ1v) is 8.11. The van der Waals surface area contributed by atoms with Crippen molar-refractivity contribution in [1.82, 2.24) is 4.90 Å². The van der Waals surface area contributed by atoms with Crippen LogP contribution in [-0.2, 0) is 11.3 Å². The second kappa shape index (κ2) is 6.01. The standard InChI is InChI=1S/C15H12Cl2N2O2S/c1-18(7-10-3-5-13(17)22-10)8-19-12-4-2-9(16)6-11(12)14(20)15(19)21/h2-6H,7-8H2,1H3. The van der Waals surface area contributed by atoms with Crippen LogP contribution < -0.4 is 4.90 Å². The molecule has 114 valence electrons. The lowest BCUT2D eigenvalue weighted by Gasteiger charge is -2.23. The van der Waals surface area contributed by atoms with Gasteiger partial charge in [0.05, 0.1) is 22.3 Å². The topological polar surface area (TPSA) is 40.6 Å². The smallest absolute Gasteiger partial charge is 0.291 e. The Morgan fingerprint density at radius 3 is 2.64 bits per heavy atom. The van der Waals surface area contributed by atoms with Crippen LogP contribution in [0.15, 0.2) is 30.3 Å². The Hall–Kier alpha value is -1.40. The zero-order chi connectivity index (χ0) is 15.9. The summed E-state index contributed by atoms with van der Waals surface area (Å²) in [5, 5.41) is 0.448. The van der Waals surface area contributed by atoms with Gasteiger partial charge in [0.15, 0.2) is 0 Å². The Bertz CT molecular complexity index is 760. The van der Waals surface area contributed by atoms with E-state index in [4.69, 9.17) is 23.2 Å². The zero-order valence-corrected chi connectivity index (χ0v) is 14.0. The van der Waals surface area contributed by atoms with Gasteiger partial charge >= 0.3 is 5.91 Å². The van der Waals surface area contributed by atoms with Gasteiger partial charge in [-0.1, -0.05) is 23.2 Å². The molecule has 7 heteroatoms. The quantitative estimate of drug-likeness (QED) is 0.786. The van der Waals surface area contributed by atoms with E-state index in [0.29, 0.717) is 29.5 Å². The van der Waals surface area contributed by atoms with E-state index in [1.807, 2.05) is 24.1 Å². The van der Waals surface area contributed by atoms with Crippen LogP contribution in [-0.4, -0.2) is 30.3 Å². The van der Waals surface area contributed by atoms with E-state index in [9.17, 15) is 9.59 Å². The predicted octanol–water partition coefficient (Wildman–Crippen LogP) is 3.67. The number of ketones is 1. The number of carbonyl (C=O) groups excluding carboxylic acids is 2. The average molecular weight is 355 g/mol. The molecule has 0 N–H and O–H groups in total. The number of Topliss-reactive ketones (excluding diaryl/α,β-unsaturated/α-hetero) is 1. The molecular weight excluding hydrogens is 343 g/mol. The molecule has 3 rings (SSSR count). The van der Waals surface area contributed by atoms with Crippen LogP contribution in [0, 0.1) is 0 Å². The van der Waals surface area contributed by atoms with Gasteiger partial charge in [-0.05, 0) is 37.4 Å². The normalized spacial score (nSPS) is 14.1. The van der Waals surface area contributed by atoms with Crippen LogP contribution in [0.3, 0.4) is 0 Å². The largest absolute Gasteiger partial charge is 0.300 e. The number of rotatable bonds is 4. The van der Waals surface area contributed by atoms with Gasteiger partial charge in [0, 0.05) is 16.4 Å². The number of anilines is 1. The fourth-order valence-electron chi connectivity index (χ4n) is 2.41. The maximum absolute atomic E-state index is 12.2.